The molecule has 0 N–H and O–H groups in total. The van der Waals surface area contributed by atoms with Crippen LogP contribution < -0.4 is 4.90 Å². The molecule has 0 aromatic carbocycles. The molecule has 6 heteroatoms. The van der Waals surface area contributed by atoms with Crippen LogP contribution >= 0.6 is 11.6 Å². The van der Waals surface area contributed by atoms with Gasteiger partial charge in [-0.15, -0.1) is 0 Å². The number of carbonyl (C=O) groups excluding carboxylic acids is 1. The Hall–Kier alpha value is -2.01. The second-order valence-electron chi connectivity index (χ2n) is 4.13. The van der Waals surface area contributed by atoms with Crippen LogP contribution in [-0.4, -0.2) is 28.3 Å². The van der Waals surface area contributed by atoms with Gasteiger partial charge in [-0.05, 0) is 18.6 Å². The summed E-state index contributed by atoms with van der Waals surface area (Å²) in [5, 5.41) is 0.176. The van der Waals surface area contributed by atoms with Crippen LogP contribution in [0.4, 0.5) is 5.82 Å². The maximum absolute atomic E-state index is 11.1. The Kier molecular flexibility index (Phi) is 4.06. The van der Waals surface area contributed by atoms with Gasteiger partial charge in [0.1, 0.15) is 16.8 Å². The molecule has 0 unspecified atom stereocenters. The fourth-order valence-corrected chi connectivity index (χ4v) is 2.02. The van der Waals surface area contributed by atoms with Crippen LogP contribution in [0.15, 0.2) is 24.5 Å². The smallest absolute Gasteiger partial charge is 0.156 e. The van der Waals surface area contributed by atoms with E-state index in [4.69, 9.17) is 11.6 Å². The molecule has 0 radical (unpaired) electrons. The Bertz CT molecular complexity index is 589. The Balaban J connectivity index is 2.33. The van der Waals surface area contributed by atoms with E-state index >= 15 is 0 Å². The molecule has 0 fully saturated rings. The standard InChI is InChI=1S/C13H13ClN4O/c1-9-16-12(14)11(8-19)13(17-9)18(2)7-10-4-3-5-15-6-10/h3-6,8H,7H2,1-2H3. The van der Waals surface area contributed by atoms with Crippen LogP contribution in [-0.2, 0) is 6.54 Å². The fraction of sp³-hybridized carbons (Fsp3) is 0.231. The van der Waals surface area contributed by atoms with Gasteiger partial charge in [0.05, 0.1) is 5.56 Å². The largest absolute Gasteiger partial charge is 0.355 e. The Morgan fingerprint density at radius 1 is 1.42 bits per heavy atom. The minimum atomic E-state index is 0.176. The molecule has 0 bridgehead atoms. The van der Waals surface area contributed by atoms with Crippen LogP contribution in [0.2, 0.25) is 5.15 Å². The highest BCUT2D eigenvalue weighted by molar-refractivity contribution is 6.32. The van der Waals surface area contributed by atoms with Crippen molar-refractivity contribution >= 4 is 23.7 Å². The number of carbonyl (C=O) groups is 1. The van der Waals surface area contributed by atoms with E-state index < -0.39 is 0 Å². The first-order chi connectivity index (χ1) is 9.11. The molecule has 0 aliphatic rings. The zero-order valence-electron chi connectivity index (χ0n) is 10.7. The lowest BCUT2D eigenvalue weighted by Gasteiger charge is -2.20. The first kappa shape index (κ1) is 13.4. The van der Waals surface area contributed by atoms with Gasteiger partial charge in [0, 0.05) is 26.0 Å². The van der Waals surface area contributed by atoms with Crippen molar-refractivity contribution in [2.24, 2.45) is 0 Å². The summed E-state index contributed by atoms with van der Waals surface area (Å²) in [6.07, 6.45) is 4.16. The summed E-state index contributed by atoms with van der Waals surface area (Å²) in [6, 6.07) is 3.82. The number of hydrogen-bond acceptors (Lipinski definition) is 5. The van der Waals surface area contributed by atoms with Gasteiger partial charge in [-0.2, -0.15) is 0 Å². The van der Waals surface area contributed by atoms with Crippen molar-refractivity contribution in [3.05, 3.63) is 46.6 Å². The zero-order valence-corrected chi connectivity index (χ0v) is 11.4. The second-order valence-corrected chi connectivity index (χ2v) is 4.49. The van der Waals surface area contributed by atoms with E-state index in [1.54, 1.807) is 19.3 Å². The maximum Gasteiger partial charge on any atom is 0.156 e. The third-order valence-corrected chi connectivity index (χ3v) is 2.90. The molecule has 98 valence electrons. The topological polar surface area (TPSA) is 59.0 Å². The summed E-state index contributed by atoms with van der Waals surface area (Å²) in [5.74, 6) is 1.06. The highest BCUT2D eigenvalue weighted by Crippen LogP contribution is 2.22. The van der Waals surface area contributed by atoms with Crippen molar-refractivity contribution < 1.29 is 4.79 Å². The molecule has 0 saturated heterocycles. The van der Waals surface area contributed by atoms with Crippen LogP contribution in [0.25, 0.3) is 0 Å². The van der Waals surface area contributed by atoms with Crippen molar-refractivity contribution in [2.45, 2.75) is 13.5 Å². The van der Waals surface area contributed by atoms with Crippen LogP contribution in [0.3, 0.4) is 0 Å². The van der Waals surface area contributed by atoms with Gasteiger partial charge < -0.3 is 4.90 Å². The zero-order chi connectivity index (χ0) is 13.8. The minimum absolute atomic E-state index is 0.176. The number of aldehydes is 1. The maximum atomic E-state index is 11.1. The molecule has 2 aromatic rings. The quantitative estimate of drug-likeness (QED) is 0.633. The van der Waals surface area contributed by atoms with E-state index in [0.29, 0.717) is 30.0 Å². The summed E-state index contributed by atoms with van der Waals surface area (Å²) in [7, 11) is 1.85. The van der Waals surface area contributed by atoms with Crippen molar-refractivity contribution in [3.8, 4) is 0 Å². The van der Waals surface area contributed by atoms with Crippen molar-refractivity contribution in [1.82, 2.24) is 15.0 Å². The number of rotatable bonds is 4. The van der Waals surface area contributed by atoms with Gasteiger partial charge in [0.15, 0.2) is 6.29 Å². The number of aromatic nitrogens is 3. The Morgan fingerprint density at radius 3 is 2.84 bits per heavy atom. The van der Waals surface area contributed by atoms with Crippen molar-refractivity contribution in [1.29, 1.82) is 0 Å². The molecule has 0 atom stereocenters. The lowest BCUT2D eigenvalue weighted by atomic mass is 10.2. The molecule has 2 rings (SSSR count). The number of hydrogen-bond donors (Lipinski definition) is 0. The molecule has 0 amide bonds. The highest BCUT2D eigenvalue weighted by atomic mass is 35.5. The van der Waals surface area contributed by atoms with Crippen LogP contribution in [0.5, 0.6) is 0 Å². The lowest BCUT2D eigenvalue weighted by Crippen LogP contribution is -2.20. The number of nitrogens with zero attached hydrogens (tertiary/aromatic N) is 4. The predicted octanol–water partition coefficient (Wildman–Crippen LogP) is 2.28. The monoisotopic (exact) mass is 276 g/mol. The van der Waals surface area contributed by atoms with E-state index in [1.807, 2.05) is 24.1 Å². The van der Waals surface area contributed by atoms with Crippen LogP contribution in [0, 0.1) is 6.92 Å². The van der Waals surface area contributed by atoms with Gasteiger partial charge in [-0.3, -0.25) is 9.78 Å². The number of halogens is 1. The molecule has 2 aromatic heterocycles. The SMILES string of the molecule is Cc1nc(Cl)c(C=O)c(N(C)Cc2cccnc2)n1. The molecule has 0 aliphatic carbocycles. The number of pyridine rings is 1. The minimum Gasteiger partial charge on any atom is -0.355 e. The highest BCUT2D eigenvalue weighted by Gasteiger charge is 2.15. The van der Waals surface area contributed by atoms with Gasteiger partial charge in [0.25, 0.3) is 0 Å². The Morgan fingerprint density at radius 2 is 2.21 bits per heavy atom. The van der Waals surface area contributed by atoms with Crippen LogP contribution in [0.1, 0.15) is 21.7 Å². The normalized spacial score (nSPS) is 10.3. The molecule has 0 spiro atoms. The molecular formula is C13H13ClN4O. The average Bonchev–Trinajstić information content (AvgIpc) is 2.39. The second kappa shape index (κ2) is 5.75. The Labute approximate surface area is 116 Å². The number of anilines is 1. The van der Waals surface area contributed by atoms with E-state index in [-0.39, 0.29) is 5.15 Å². The van der Waals surface area contributed by atoms with E-state index in [0.717, 1.165) is 5.56 Å². The van der Waals surface area contributed by atoms with Gasteiger partial charge in [-0.1, -0.05) is 17.7 Å². The molecule has 2 heterocycles. The third kappa shape index (κ3) is 3.06. The molecular weight excluding hydrogens is 264 g/mol. The summed E-state index contributed by atoms with van der Waals surface area (Å²) < 4.78 is 0. The molecule has 19 heavy (non-hydrogen) atoms. The first-order valence-electron chi connectivity index (χ1n) is 5.71. The molecule has 0 aliphatic heterocycles. The molecule has 5 nitrogen and oxygen atoms in total. The average molecular weight is 277 g/mol. The summed E-state index contributed by atoms with van der Waals surface area (Å²) in [6.45, 7) is 2.32. The number of aryl methyl sites for hydroxylation is 1. The summed E-state index contributed by atoms with van der Waals surface area (Å²) in [5.41, 5.74) is 1.33. The third-order valence-electron chi connectivity index (χ3n) is 2.61. The van der Waals surface area contributed by atoms with E-state index in [9.17, 15) is 4.79 Å². The first-order valence-corrected chi connectivity index (χ1v) is 6.09. The van der Waals surface area contributed by atoms with Gasteiger partial charge in [-0.25, -0.2) is 9.97 Å². The van der Waals surface area contributed by atoms with E-state index in [2.05, 4.69) is 15.0 Å². The van der Waals surface area contributed by atoms with Crippen molar-refractivity contribution in [2.75, 3.05) is 11.9 Å². The lowest BCUT2D eigenvalue weighted by molar-refractivity contribution is 0.112. The fourth-order valence-electron chi connectivity index (χ4n) is 1.77. The van der Waals surface area contributed by atoms with Crippen molar-refractivity contribution in [3.63, 3.8) is 0 Å². The van der Waals surface area contributed by atoms with Gasteiger partial charge >= 0.3 is 0 Å². The summed E-state index contributed by atoms with van der Waals surface area (Å²) in [4.78, 5) is 25.3. The van der Waals surface area contributed by atoms with E-state index in [1.165, 1.54) is 0 Å². The summed E-state index contributed by atoms with van der Waals surface area (Å²) >= 11 is 5.96. The predicted molar refractivity (Wildman–Crippen MR) is 73.5 cm³/mol. The van der Waals surface area contributed by atoms with Gasteiger partial charge in [0.2, 0.25) is 0 Å². The molecule has 0 saturated carbocycles.